The van der Waals surface area contributed by atoms with E-state index in [0.717, 1.165) is 31.8 Å². The van der Waals surface area contributed by atoms with Crippen molar-refractivity contribution in [3.8, 4) is 0 Å². The molecule has 0 radical (unpaired) electrons. The van der Waals surface area contributed by atoms with Crippen molar-refractivity contribution >= 4 is 17.2 Å². The van der Waals surface area contributed by atoms with Crippen molar-refractivity contribution < 1.29 is 9.90 Å². The zero-order valence-corrected chi connectivity index (χ0v) is 10.5. The van der Waals surface area contributed by atoms with Gasteiger partial charge in [0.25, 0.3) is 0 Å². The summed E-state index contributed by atoms with van der Waals surface area (Å²) < 4.78 is 1.83. The molecule has 6 nitrogen and oxygen atoms in total. The predicted octanol–water partition coefficient (Wildman–Crippen LogP) is 0.767. The lowest BCUT2D eigenvalue weighted by molar-refractivity contribution is 0.0693. The van der Waals surface area contributed by atoms with Gasteiger partial charge in [-0.2, -0.15) is 0 Å². The van der Waals surface area contributed by atoms with Crippen molar-refractivity contribution in [3.05, 3.63) is 29.8 Å². The number of carboxylic acids is 1. The highest BCUT2D eigenvalue weighted by Gasteiger charge is 2.21. The van der Waals surface area contributed by atoms with Crippen molar-refractivity contribution in [2.75, 3.05) is 18.8 Å². The first kappa shape index (κ1) is 12.0. The number of nitrogens with one attached hydrogen (secondary N) is 1. The van der Waals surface area contributed by atoms with Gasteiger partial charge in [-0.15, -0.1) is 0 Å². The summed E-state index contributed by atoms with van der Waals surface area (Å²) in [4.78, 5) is 15.5. The third-order valence-corrected chi connectivity index (χ3v) is 3.58. The molecule has 3 rings (SSSR count). The molecular weight excluding hydrogens is 244 g/mol. The maximum atomic E-state index is 11.2. The fourth-order valence-electron chi connectivity index (χ4n) is 2.61. The van der Waals surface area contributed by atoms with Crippen molar-refractivity contribution in [2.45, 2.75) is 12.8 Å². The molecule has 0 spiro atoms. The molecule has 1 atom stereocenters. The number of nitrogen functional groups attached to an aromatic ring is 1. The van der Waals surface area contributed by atoms with Gasteiger partial charge >= 0.3 is 5.97 Å². The fourth-order valence-corrected chi connectivity index (χ4v) is 2.61. The van der Waals surface area contributed by atoms with Gasteiger partial charge in [-0.3, -0.25) is 0 Å². The molecule has 2 aromatic heterocycles. The number of carbonyl (C=O) groups is 1. The van der Waals surface area contributed by atoms with Gasteiger partial charge in [0, 0.05) is 18.3 Å². The zero-order chi connectivity index (χ0) is 13.4. The third-order valence-electron chi connectivity index (χ3n) is 3.58. The van der Waals surface area contributed by atoms with Gasteiger partial charge in [0.2, 0.25) is 0 Å². The highest BCUT2D eigenvalue weighted by molar-refractivity contribution is 5.94. The number of aromatic nitrogens is 2. The molecule has 19 heavy (non-hydrogen) atoms. The summed E-state index contributed by atoms with van der Waals surface area (Å²) in [6, 6.07) is 3.42. The van der Waals surface area contributed by atoms with E-state index in [2.05, 4.69) is 10.3 Å². The average Bonchev–Trinajstić information content (AvgIpc) is 2.97. The Labute approximate surface area is 110 Å². The van der Waals surface area contributed by atoms with Crippen LogP contribution in [0.4, 0.5) is 5.69 Å². The van der Waals surface area contributed by atoms with Crippen LogP contribution in [-0.2, 0) is 6.42 Å². The second-order valence-corrected chi connectivity index (χ2v) is 4.96. The van der Waals surface area contributed by atoms with Crippen LogP contribution in [0.2, 0.25) is 0 Å². The molecule has 1 unspecified atom stereocenters. The predicted molar refractivity (Wildman–Crippen MR) is 71.2 cm³/mol. The van der Waals surface area contributed by atoms with Crippen molar-refractivity contribution in [3.63, 3.8) is 0 Å². The Morgan fingerprint density at radius 3 is 3.16 bits per heavy atom. The minimum absolute atomic E-state index is 0.0771. The molecule has 1 aliphatic rings. The second-order valence-electron chi connectivity index (χ2n) is 4.96. The summed E-state index contributed by atoms with van der Waals surface area (Å²) in [6.07, 6.45) is 3.68. The number of pyridine rings is 1. The number of hydrogen-bond donors (Lipinski definition) is 3. The molecule has 0 saturated carbocycles. The molecule has 0 bridgehead atoms. The Kier molecular flexibility index (Phi) is 2.87. The lowest BCUT2D eigenvalue weighted by atomic mass is 10.0. The average molecular weight is 260 g/mol. The lowest BCUT2D eigenvalue weighted by Gasteiger charge is -2.07. The summed E-state index contributed by atoms with van der Waals surface area (Å²) in [5.41, 5.74) is 6.91. The normalized spacial score (nSPS) is 19.1. The van der Waals surface area contributed by atoms with E-state index in [1.165, 1.54) is 0 Å². The van der Waals surface area contributed by atoms with Gasteiger partial charge in [0.05, 0.1) is 5.52 Å². The Bertz CT molecular complexity index is 629. The van der Waals surface area contributed by atoms with E-state index in [9.17, 15) is 9.90 Å². The number of carboxylic acid groups (broad SMARTS) is 1. The van der Waals surface area contributed by atoms with E-state index in [1.807, 2.05) is 4.40 Å². The monoisotopic (exact) mass is 260 g/mol. The zero-order valence-electron chi connectivity index (χ0n) is 10.5. The lowest BCUT2D eigenvalue weighted by Crippen LogP contribution is -2.12. The summed E-state index contributed by atoms with van der Waals surface area (Å²) in [5.74, 6) is 0.296. The van der Waals surface area contributed by atoms with Crippen LogP contribution in [0.25, 0.3) is 5.52 Å². The van der Waals surface area contributed by atoms with E-state index in [0.29, 0.717) is 17.1 Å². The quantitative estimate of drug-likeness (QED) is 0.758. The van der Waals surface area contributed by atoms with Gasteiger partial charge in [-0.25, -0.2) is 9.78 Å². The number of fused-ring (bicyclic) bond motifs is 1. The highest BCUT2D eigenvalue weighted by atomic mass is 16.4. The Balaban J connectivity index is 2.06. The Morgan fingerprint density at radius 1 is 1.63 bits per heavy atom. The maximum absolute atomic E-state index is 11.2. The van der Waals surface area contributed by atoms with Crippen LogP contribution < -0.4 is 11.1 Å². The molecule has 2 aromatic rings. The number of nitrogens with two attached hydrogens (primary N) is 1. The van der Waals surface area contributed by atoms with Gasteiger partial charge in [-0.1, -0.05) is 0 Å². The van der Waals surface area contributed by atoms with Crippen LogP contribution in [0.1, 0.15) is 22.7 Å². The number of nitrogens with zero attached hydrogens (tertiary/aromatic N) is 2. The van der Waals surface area contributed by atoms with Gasteiger partial charge < -0.3 is 20.6 Å². The number of hydrogen-bond acceptors (Lipinski definition) is 4. The molecule has 1 aliphatic heterocycles. The van der Waals surface area contributed by atoms with Crippen molar-refractivity contribution in [1.29, 1.82) is 0 Å². The SMILES string of the molecule is Nc1ccn2c(CC3CCNC3)nc(C(=O)O)c2c1. The minimum atomic E-state index is -1.01. The summed E-state index contributed by atoms with van der Waals surface area (Å²) in [5, 5.41) is 12.5. The first-order valence-electron chi connectivity index (χ1n) is 6.35. The van der Waals surface area contributed by atoms with Gasteiger partial charge in [-0.05, 0) is 37.6 Å². The van der Waals surface area contributed by atoms with Crippen LogP contribution in [0.15, 0.2) is 18.3 Å². The van der Waals surface area contributed by atoms with Crippen LogP contribution in [0.5, 0.6) is 0 Å². The fraction of sp³-hybridized carbons (Fsp3) is 0.385. The third kappa shape index (κ3) is 2.15. The number of rotatable bonds is 3. The molecule has 1 fully saturated rings. The maximum Gasteiger partial charge on any atom is 0.356 e. The van der Waals surface area contributed by atoms with E-state index in [1.54, 1.807) is 18.3 Å². The molecule has 0 aliphatic carbocycles. The molecule has 0 aromatic carbocycles. The molecule has 100 valence electrons. The van der Waals surface area contributed by atoms with E-state index in [4.69, 9.17) is 5.73 Å². The molecular formula is C13H16N4O2. The molecule has 6 heteroatoms. The van der Waals surface area contributed by atoms with E-state index < -0.39 is 5.97 Å². The second kappa shape index (κ2) is 4.55. The smallest absolute Gasteiger partial charge is 0.356 e. The Hall–Kier alpha value is -2.08. The summed E-state index contributed by atoms with van der Waals surface area (Å²) in [7, 11) is 0. The number of imidazole rings is 1. The topological polar surface area (TPSA) is 92.7 Å². The van der Waals surface area contributed by atoms with Crippen LogP contribution in [-0.4, -0.2) is 33.6 Å². The highest BCUT2D eigenvalue weighted by Crippen LogP contribution is 2.20. The first-order valence-corrected chi connectivity index (χ1v) is 6.35. The number of anilines is 1. The number of aromatic carboxylic acids is 1. The summed E-state index contributed by atoms with van der Waals surface area (Å²) in [6.45, 7) is 1.99. The first-order chi connectivity index (χ1) is 9.15. The van der Waals surface area contributed by atoms with E-state index in [-0.39, 0.29) is 5.69 Å². The van der Waals surface area contributed by atoms with Gasteiger partial charge in [0.15, 0.2) is 5.69 Å². The molecule has 4 N–H and O–H groups in total. The van der Waals surface area contributed by atoms with Crippen molar-refractivity contribution in [1.82, 2.24) is 14.7 Å². The molecule has 0 amide bonds. The van der Waals surface area contributed by atoms with Crippen LogP contribution in [0.3, 0.4) is 0 Å². The van der Waals surface area contributed by atoms with Crippen LogP contribution >= 0.6 is 0 Å². The minimum Gasteiger partial charge on any atom is -0.476 e. The standard InChI is InChI=1S/C13H16N4O2/c14-9-2-4-17-10(6-9)12(13(18)19)16-11(17)5-8-1-3-15-7-8/h2,4,6,8,15H,1,3,5,7,14H2,(H,18,19). The Morgan fingerprint density at radius 2 is 2.47 bits per heavy atom. The molecule has 3 heterocycles. The van der Waals surface area contributed by atoms with Gasteiger partial charge in [0.1, 0.15) is 5.82 Å². The van der Waals surface area contributed by atoms with Crippen molar-refractivity contribution in [2.24, 2.45) is 5.92 Å². The van der Waals surface area contributed by atoms with Crippen LogP contribution in [0, 0.1) is 5.92 Å². The molecule has 1 saturated heterocycles. The largest absolute Gasteiger partial charge is 0.476 e. The summed E-state index contributed by atoms with van der Waals surface area (Å²) >= 11 is 0. The van der Waals surface area contributed by atoms with E-state index >= 15 is 0 Å².